The first-order chi connectivity index (χ1) is 8.17. The monoisotopic (exact) mass is 279 g/mol. The number of hydrogen-bond donors (Lipinski definition) is 2. The SMILES string of the molecule is CCC(CC)(CNC(=O)CCS(C)(=O)=O)C(=O)O. The molecule has 0 saturated carbocycles. The van der Waals surface area contributed by atoms with Gasteiger partial charge >= 0.3 is 5.97 Å². The van der Waals surface area contributed by atoms with Crippen molar-refractivity contribution in [1.29, 1.82) is 0 Å². The highest BCUT2D eigenvalue weighted by Crippen LogP contribution is 2.25. The van der Waals surface area contributed by atoms with E-state index < -0.39 is 27.1 Å². The molecule has 0 unspecified atom stereocenters. The molecule has 0 aliphatic carbocycles. The van der Waals surface area contributed by atoms with Crippen molar-refractivity contribution in [1.82, 2.24) is 5.32 Å². The predicted molar refractivity (Wildman–Crippen MR) is 68.0 cm³/mol. The maximum absolute atomic E-state index is 11.4. The number of sulfone groups is 1. The van der Waals surface area contributed by atoms with Crippen LogP contribution >= 0.6 is 0 Å². The number of hydrogen-bond acceptors (Lipinski definition) is 4. The van der Waals surface area contributed by atoms with Gasteiger partial charge in [-0.3, -0.25) is 9.59 Å². The molecule has 0 aromatic heterocycles. The van der Waals surface area contributed by atoms with Gasteiger partial charge in [0, 0.05) is 19.2 Å². The van der Waals surface area contributed by atoms with Crippen molar-refractivity contribution in [3.8, 4) is 0 Å². The van der Waals surface area contributed by atoms with Gasteiger partial charge in [0.2, 0.25) is 5.91 Å². The third kappa shape index (κ3) is 5.48. The minimum atomic E-state index is -3.18. The van der Waals surface area contributed by atoms with Gasteiger partial charge in [0.1, 0.15) is 9.84 Å². The van der Waals surface area contributed by atoms with Gasteiger partial charge in [0.15, 0.2) is 0 Å². The van der Waals surface area contributed by atoms with Crippen molar-refractivity contribution in [3.05, 3.63) is 0 Å². The van der Waals surface area contributed by atoms with Crippen LogP contribution < -0.4 is 5.32 Å². The summed E-state index contributed by atoms with van der Waals surface area (Å²) in [4.78, 5) is 22.6. The molecule has 2 N–H and O–H groups in total. The topological polar surface area (TPSA) is 101 Å². The zero-order chi connectivity index (χ0) is 14.4. The van der Waals surface area contributed by atoms with Crippen LogP contribution in [-0.2, 0) is 19.4 Å². The second kappa shape index (κ2) is 6.72. The highest BCUT2D eigenvalue weighted by molar-refractivity contribution is 7.90. The van der Waals surface area contributed by atoms with Crippen molar-refractivity contribution in [2.24, 2.45) is 5.41 Å². The van der Waals surface area contributed by atoms with Gasteiger partial charge in [-0.1, -0.05) is 13.8 Å². The summed E-state index contributed by atoms with van der Waals surface area (Å²) in [5, 5.41) is 11.6. The molecule has 6 nitrogen and oxygen atoms in total. The minimum absolute atomic E-state index is 0.0257. The van der Waals surface area contributed by atoms with Gasteiger partial charge in [0.25, 0.3) is 0 Å². The average molecular weight is 279 g/mol. The minimum Gasteiger partial charge on any atom is -0.481 e. The smallest absolute Gasteiger partial charge is 0.311 e. The molecule has 106 valence electrons. The fraction of sp³-hybridized carbons (Fsp3) is 0.818. The molecule has 0 aromatic carbocycles. The summed E-state index contributed by atoms with van der Waals surface area (Å²) < 4.78 is 21.8. The fourth-order valence-corrected chi connectivity index (χ4v) is 2.07. The van der Waals surface area contributed by atoms with Crippen LogP contribution in [0.4, 0.5) is 0 Å². The van der Waals surface area contributed by atoms with Crippen molar-refractivity contribution in [2.45, 2.75) is 33.1 Å². The van der Waals surface area contributed by atoms with Gasteiger partial charge < -0.3 is 10.4 Å². The largest absolute Gasteiger partial charge is 0.481 e. The van der Waals surface area contributed by atoms with Crippen LogP contribution in [0, 0.1) is 5.41 Å². The van der Waals surface area contributed by atoms with Crippen LogP contribution in [0.25, 0.3) is 0 Å². The van der Waals surface area contributed by atoms with Crippen LogP contribution in [0.2, 0.25) is 0 Å². The Hall–Kier alpha value is -1.11. The molecule has 0 atom stereocenters. The normalized spacial score (nSPS) is 12.2. The number of carbonyl (C=O) groups is 2. The molecule has 0 rings (SSSR count). The van der Waals surface area contributed by atoms with Crippen molar-refractivity contribution in [2.75, 3.05) is 18.6 Å². The Kier molecular flexibility index (Phi) is 6.31. The van der Waals surface area contributed by atoms with E-state index in [2.05, 4.69) is 5.32 Å². The Bertz CT molecular complexity index is 398. The Morgan fingerprint density at radius 1 is 1.22 bits per heavy atom. The van der Waals surface area contributed by atoms with Crippen LogP contribution in [0.15, 0.2) is 0 Å². The van der Waals surface area contributed by atoms with E-state index in [0.717, 1.165) is 6.26 Å². The average Bonchev–Trinajstić information content (AvgIpc) is 2.27. The van der Waals surface area contributed by atoms with E-state index in [1.54, 1.807) is 13.8 Å². The molecule has 7 heteroatoms. The fourth-order valence-electron chi connectivity index (χ4n) is 1.51. The third-order valence-electron chi connectivity index (χ3n) is 3.13. The van der Waals surface area contributed by atoms with E-state index in [1.807, 2.05) is 0 Å². The number of rotatable bonds is 8. The standard InChI is InChI=1S/C11H21NO5S/c1-4-11(5-2,10(14)15)8-12-9(13)6-7-18(3,16)17/h4-8H2,1-3H3,(H,12,13)(H,14,15). The number of carbonyl (C=O) groups excluding carboxylic acids is 1. The number of nitrogens with one attached hydrogen (secondary N) is 1. The lowest BCUT2D eigenvalue weighted by atomic mass is 9.82. The molecule has 0 spiro atoms. The first-order valence-electron chi connectivity index (χ1n) is 5.84. The second-order valence-corrected chi connectivity index (χ2v) is 6.71. The van der Waals surface area contributed by atoms with Gasteiger partial charge in [-0.05, 0) is 12.8 Å². The zero-order valence-electron chi connectivity index (χ0n) is 11.0. The number of carboxylic acid groups (broad SMARTS) is 1. The Balaban J connectivity index is 4.38. The maximum atomic E-state index is 11.4. The summed E-state index contributed by atoms with van der Waals surface area (Å²) in [6.45, 7) is 3.53. The van der Waals surface area contributed by atoms with Gasteiger partial charge in [0.05, 0.1) is 11.2 Å². The van der Waals surface area contributed by atoms with Gasteiger partial charge in [-0.15, -0.1) is 0 Å². The van der Waals surface area contributed by atoms with Crippen molar-refractivity contribution < 1.29 is 23.1 Å². The molecule has 0 aliphatic heterocycles. The number of amides is 1. The highest BCUT2D eigenvalue weighted by Gasteiger charge is 2.35. The molecule has 0 fully saturated rings. The van der Waals surface area contributed by atoms with E-state index in [9.17, 15) is 18.0 Å². The first kappa shape index (κ1) is 16.9. The number of aliphatic carboxylic acids is 1. The van der Waals surface area contributed by atoms with E-state index in [4.69, 9.17) is 5.11 Å². The lowest BCUT2D eigenvalue weighted by Gasteiger charge is -2.26. The predicted octanol–water partition coefficient (Wildman–Crippen LogP) is 0.428. The summed E-state index contributed by atoms with van der Waals surface area (Å²) >= 11 is 0. The molecule has 0 aromatic rings. The summed E-state index contributed by atoms with van der Waals surface area (Å²) in [6, 6.07) is 0. The molecule has 0 saturated heterocycles. The van der Waals surface area contributed by atoms with Gasteiger partial charge in [-0.25, -0.2) is 8.42 Å². The molecule has 0 heterocycles. The third-order valence-corrected chi connectivity index (χ3v) is 4.08. The van der Waals surface area contributed by atoms with E-state index in [-0.39, 0.29) is 18.7 Å². The number of carboxylic acids is 1. The Morgan fingerprint density at radius 3 is 2.06 bits per heavy atom. The zero-order valence-corrected chi connectivity index (χ0v) is 11.8. The van der Waals surface area contributed by atoms with E-state index in [1.165, 1.54) is 0 Å². The summed E-state index contributed by atoms with van der Waals surface area (Å²) in [5.74, 6) is -1.61. The molecule has 1 amide bonds. The van der Waals surface area contributed by atoms with Crippen molar-refractivity contribution in [3.63, 3.8) is 0 Å². The van der Waals surface area contributed by atoms with E-state index >= 15 is 0 Å². The molecule has 0 radical (unpaired) electrons. The maximum Gasteiger partial charge on any atom is 0.311 e. The van der Waals surface area contributed by atoms with Crippen LogP contribution in [0.1, 0.15) is 33.1 Å². The molecular formula is C11H21NO5S. The lowest BCUT2D eigenvalue weighted by Crippen LogP contribution is -2.42. The second-order valence-electron chi connectivity index (χ2n) is 4.45. The quantitative estimate of drug-likeness (QED) is 0.671. The Morgan fingerprint density at radius 2 is 1.72 bits per heavy atom. The highest BCUT2D eigenvalue weighted by atomic mass is 32.2. The van der Waals surface area contributed by atoms with E-state index in [0.29, 0.717) is 12.8 Å². The van der Waals surface area contributed by atoms with Gasteiger partial charge in [-0.2, -0.15) is 0 Å². The summed E-state index contributed by atoms with van der Waals surface area (Å²) in [6.07, 6.45) is 1.73. The van der Waals surface area contributed by atoms with Crippen LogP contribution in [-0.4, -0.2) is 44.0 Å². The van der Waals surface area contributed by atoms with Crippen LogP contribution in [0.3, 0.4) is 0 Å². The molecular weight excluding hydrogens is 258 g/mol. The first-order valence-corrected chi connectivity index (χ1v) is 7.90. The summed E-state index contributed by atoms with van der Waals surface area (Å²) in [7, 11) is -3.18. The Labute approximate surface area is 108 Å². The summed E-state index contributed by atoms with van der Waals surface area (Å²) in [5.41, 5.74) is -0.971. The van der Waals surface area contributed by atoms with Crippen molar-refractivity contribution >= 4 is 21.7 Å². The lowest BCUT2D eigenvalue weighted by molar-refractivity contribution is -0.149. The van der Waals surface area contributed by atoms with Crippen LogP contribution in [0.5, 0.6) is 0 Å². The molecule has 0 bridgehead atoms. The molecule has 0 aliphatic rings. The molecule has 18 heavy (non-hydrogen) atoms.